The van der Waals surface area contributed by atoms with Crippen LogP contribution in [0.25, 0.3) is 0 Å². The fourth-order valence-electron chi connectivity index (χ4n) is 1.90. The summed E-state index contributed by atoms with van der Waals surface area (Å²) in [4.78, 5) is 0. The van der Waals surface area contributed by atoms with E-state index in [9.17, 15) is 13.2 Å². The van der Waals surface area contributed by atoms with E-state index < -0.39 is 11.9 Å². The van der Waals surface area contributed by atoms with E-state index in [1.54, 1.807) is 4.68 Å². The molecule has 0 bridgehead atoms. The third kappa shape index (κ3) is 3.19. The van der Waals surface area contributed by atoms with Gasteiger partial charge in [0.15, 0.2) is 0 Å². The molecule has 1 N–H and O–H groups in total. The maximum Gasteiger partial charge on any atom is 0.433 e. The van der Waals surface area contributed by atoms with Crippen molar-refractivity contribution in [3.05, 3.63) is 35.4 Å². The SMILES string of the molecule is CC(NCc1cc(C(F)(F)F)n(C)n1)c1ccn(C)n1. The summed E-state index contributed by atoms with van der Waals surface area (Å²) in [6.45, 7) is 2.15. The van der Waals surface area contributed by atoms with E-state index >= 15 is 0 Å². The molecule has 1 unspecified atom stereocenters. The van der Waals surface area contributed by atoms with Crippen molar-refractivity contribution in [2.75, 3.05) is 0 Å². The number of nitrogens with zero attached hydrogens (tertiary/aromatic N) is 4. The van der Waals surface area contributed by atoms with Gasteiger partial charge in [-0.3, -0.25) is 9.36 Å². The average molecular weight is 287 g/mol. The van der Waals surface area contributed by atoms with Crippen molar-refractivity contribution in [2.45, 2.75) is 25.7 Å². The van der Waals surface area contributed by atoms with Crippen LogP contribution in [0.1, 0.15) is 30.0 Å². The minimum atomic E-state index is -4.38. The van der Waals surface area contributed by atoms with Crippen molar-refractivity contribution in [3.63, 3.8) is 0 Å². The molecule has 0 aromatic carbocycles. The van der Waals surface area contributed by atoms with E-state index in [4.69, 9.17) is 0 Å². The molecule has 0 amide bonds. The normalized spacial score (nSPS) is 13.7. The maximum atomic E-state index is 12.6. The second-order valence-electron chi connectivity index (χ2n) is 4.66. The molecule has 0 saturated carbocycles. The van der Waals surface area contributed by atoms with E-state index in [-0.39, 0.29) is 12.6 Å². The van der Waals surface area contributed by atoms with Crippen LogP contribution in [0.4, 0.5) is 13.2 Å². The Morgan fingerprint density at radius 2 is 2.00 bits per heavy atom. The lowest BCUT2D eigenvalue weighted by molar-refractivity contribution is -0.143. The lowest BCUT2D eigenvalue weighted by Gasteiger charge is -2.09. The first-order valence-corrected chi connectivity index (χ1v) is 6.10. The van der Waals surface area contributed by atoms with Gasteiger partial charge in [-0.05, 0) is 19.1 Å². The first-order chi connectivity index (χ1) is 9.27. The van der Waals surface area contributed by atoms with Crippen LogP contribution in [0.2, 0.25) is 0 Å². The summed E-state index contributed by atoms with van der Waals surface area (Å²) < 4.78 is 40.4. The predicted octanol–water partition coefficient (Wildman–Crippen LogP) is 2.02. The van der Waals surface area contributed by atoms with Crippen molar-refractivity contribution >= 4 is 0 Å². The molecular weight excluding hydrogens is 271 g/mol. The van der Waals surface area contributed by atoms with E-state index in [1.807, 2.05) is 26.2 Å². The third-order valence-electron chi connectivity index (χ3n) is 2.99. The van der Waals surface area contributed by atoms with Crippen LogP contribution in [0, 0.1) is 0 Å². The van der Waals surface area contributed by atoms with Crippen LogP contribution in [-0.2, 0) is 26.8 Å². The van der Waals surface area contributed by atoms with Gasteiger partial charge in [0, 0.05) is 32.9 Å². The fourth-order valence-corrected chi connectivity index (χ4v) is 1.90. The van der Waals surface area contributed by atoms with Crippen molar-refractivity contribution in [1.29, 1.82) is 0 Å². The molecule has 0 aliphatic rings. The van der Waals surface area contributed by atoms with Gasteiger partial charge in [-0.1, -0.05) is 0 Å². The molecule has 2 rings (SSSR count). The second kappa shape index (κ2) is 5.28. The van der Waals surface area contributed by atoms with Gasteiger partial charge in [0.2, 0.25) is 0 Å². The monoisotopic (exact) mass is 287 g/mol. The molecule has 0 aliphatic heterocycles. The van der Waals surface area contributed by atoms with E-state index in [0.29, 0.717) is 5.69 Å². The fraction of sp³-hybridized carbons (Fsp3) is 0.500. The van der Waals surface area contributed by atoms with Gasteiger partial charge >= 0.3 is 6.18 Å². The third-order valence-corrected chi connectivity index (χ3v) is 2.99. The molecule has 20 heavy (non-hydrogen) atoms. The number of hydrogen-bond acceptors (Lipinski definition) is 3. The van der Waals surface area contributed by atoms with Gasteiger partial charge in [-0.25, -0.2) is 0 Å². The van der Waals surface area contributed by atoms with Crippen molar-refractivity contribution in [3.8, 4) is 0 Å². The van der Waals surface area contributed by atoms with Gasteiger partial charge in [-0.15, -0.1) is 0 Å². The largest absolute Gasteiger partial charge is 0.433 e. The Morgan fingerprint density at radius 1 is 1.30 bits per heavy atom. The smallest absolute Gasteiger partial charge is 0.303 e. The minimum Gasteiger partial charge on any atom is -0.303 e. The summed E-state index contributed by atoms with van der Waals surface area (Å²) in [5.74, 6) is 0. The van der Waals surface area contributed by atoms with Crippen LogP contribution < -0.4 is 5.32 Å². The number of rotatable bonds is 4. The second-order valence-corrected chi connectivity index (χ2v) is 4.66. The van der Waals surface area contributed by atoms with E-state index in [1.165, 1.54) is 7.05 Å². The number of aromatic nitrogens is 4. The first kappa shape index (κ1) is 14.6. The van der Waals surface area contributed by atoms with Crippen molar-refractivity contribution < 1.29 is 13.2 Å². The molecule has 0 radical (unpaired) electrons. The van der Waals surface area contributed by atoms with Crippen molar-refractivity contribution in [2.24, 2.45) is 14.1 Å². The summed E-state index contributed by atoms with van der Waals surface area (Å²) in [5, 5.41) is 11.2. The van der Waals surface area contributed by atoms with Crippen LogP contribution in [0.5, 0.6) is 0 Å². The molecule has 0 spiro atoms. The Balaban J connectivity index is 2.01. The molecular formula is C12H16F3N5. The maximum absolute atomic E-state index is 12.6. The Kier molecular flexibility index (Phi) is 3.85. The Hall–Kier alpha value is -1.83. The van der Waals surface area contributed by atoms with Crippen LogP contribution in [-0.4, -0.2) is 19.6 Å². The lowest BCUT2D eigenvalue weighted by Crippen LogP contribution is -2.19. The zero-order valence-corrected chi connectivity index (χ0v) is 11.4. The number of halogens is 3. The van der Waals surface area contributed by atoms with Crippen LogP contribution in [0.3, 0.4) is 0 Å². The topological polar surface area (TPSA) is 47.7 Å². The van der Waals surface area contributed by atoms with E-state index in [2.05, 4.69) is 15.5 Å². The summed E-state index contributed by atoms with van der Waals surface area (Å²) in [5.41, 5.74) is 0.432. The highest BCUT2D eigenvalue weighted by molar-refractivity contribution is 5.13. The zero-order valence-electron chi connectivity index (χ0n) is 11.4. The first-order valence-electron chi connectivity index (χ1n) is 6.10. The standard InChI is InChI=1S/C12H16F3N5/c1-8(10-4-5-19(2)18-10)16-7-9-6-11(12(13,14)15)20(3)17-9/h4-6,8,16H,7H2,1-3H3. The number of aryl methyl sites for hydroxylation is 2. The summed E-state index contributed by atoms with van der Waals surface area (Å²) in [6, 6.07) is 2.85. The van der Waals surface area contributed by atoms with Gasteiger partial charge < -0.3 is 5.32 Å². The summed E-state index contributed by atoms with van der Waals surface area (Å²) in [7, 11) is 3.10. The quantitative estimate of drug-likeness (QED) is 0.936. The highest BCUT2D eigenvalue weighted by Gasteiger charge is 2.34. The number of alkyl halides is 3. The molecule has 0 fully saturated rings. The number of hydrogen-bond donors (Lipinski definition) is 1. The summed E-state index contributed by atoms with van der Waals surface area (Å²) in [6.07, 6.45) is -2.57. The molecule has 0 aliphatic carbocycles. The number of nitrogens with one attached hydrogen (secondary N) is 1. The zero-order chi connectivity index (χ0) is 14.9. The highest BCUT2D eigenvalue weighted by Crippen LogP contribution is 2.29. The Bertz CT molecular complexity index is 584. The van der Waals surface area contributed by atoms with E-state index in [0.717, 1.165) is 16.4 Å². The summed E-state index contributed by atoms with van der Waals surface area (Å²) >= 11 is 0. The van der Waals surface area contributed by atoms with Gasteiger partial charge in [-0.2, -0.15) is 23.4 Å². The molecule has 2 aromatic rings. The van der Waals surface area contributed by atoms with Gasteiger partial charge in [0.05, 0.1) is 11.4 Å². The molecule has 2 aromatic heterocycles. The Labute approximate surface area is 114 Å². The molecule has 1 atom stereocenters. The molecule has 8 heteroatoms. The van der Waals surface area contributed by atoms with Crippen LogP contribution >= 0.6 is 0 Å². The molecule has 5 nitrogen and oxygen atoms in total. The van der Waals surface area contributed by atoms with Crippen molar-refractivity contribution in [1.82, 2.24) is 24.9 Å². The molecule has 110 valence electrons. The predicted molar refractivity (Wildman–Crippen MR) is 66.7 cm³/mol. The average Bonchev–Trinajstić information content (AvgIpc) is 2.91. The van der Waals surface area contributed by atoms with Gasteiger partial charge in [0.25, 0.3) is 0 Å². The molecule has 0 saturated heterocycles. The van der Waals surface area contributed by atoms with Crippen LogP contribution in [0.15, 0.2) is 18.3 Å². The van der Waals surface area contributed by atoms with Gasteiger partial charge in [0.1, 0.15) is 5.69 Å². The highest BCUT2D eigenvalue weighted by atomic mass is 19.4. The molecule has 2 heterocycles. The minimum absolute atomic E-state index is 0.0625. The Morgan fingerprint density at radius 3 is 2.50 bits per heavy atom. The lowest BCUT2D eigenvalue weighted by atomic mass is 10.2.